The molecule has 8 heteroatoms. The van der Waals surface area contributed by atoms with E-state index in [1.165, 1.54) is 0 Å². The zero-order valence-electron chi connectivity index (χ0n) is 20.1. The molecule has 0 N–H and O–H groups in total. The Kier molecular flexibility index (Phi) is 8.75. The van der Waals surface area contributed by atoms with Crippen molar-refractivity contribution in [3.8, 4) is 0 Å². The Balaban J connectivity index is 2.33. The highest BCUT2D eigenvalue weighted by atomic mass is 32.2. The predicted molar refractivity (Wildman–Crippen MR) is 135 cm³/mol. The highest BCUT2D eigenvalue weighted by Crippen LogP contribution is 2.44. The van der Waals surface area contributed by atoms with Crippen molar-refractivity contribution in [3.05, 3.63) is 95.6 Å². The van der Waals surface area contributed by atoms with E-state index < -0.39 is 43.5 Å². The number of rotatable bonds is 9. The van der Waals surface area contributed by atoms with Crippen molar-refractivity contribution < 1.29 is 27.5 Å². The summed E-state index contributed by atoms with van der Waals surface area (Å²) in [5, 5.41) is 0. The first kappa shape index (κ1) is 26.5. The van der Waals surface area contributed by atoms with Crippen molar-refractivity contribution in [2.75, 3.05) is 14.2 Å². The summed E-state index contributed by atoms with van der Waals surface area (Å²) in [6.07, 6.45) is -0.350. The second-order valence-electron chi connectivity index (χ2n) is 8.09. The monoisotopic (exact) mass is 512 g/mol. The smallest absolute Gasteiger partial charge is 0.320 e. The molecular weight excluding hydrogens is 484 g/mol. The number of carbonyl (C=O) groups is 2. The van der Waals surface area contributed by atoms with Crippen molar-refractivity contribution in [1.82, 2.24) is 0 Å². The van der Waals surface area contributed by atoms with Crippen LogP contribution in [0.15, 0.2) is 88.7 Å². The van der Waals surface area contributed by atoms with Crippen LogP contribution in [0.1, 0.15) is 23.1 Å². The molecule has 0 aromatic heterocycles. The van der Waals surface area contributed by atoms with Gasteiger partial charge in [0.05, 0.1) is 35.8 Å². The van der Waals surface area contributed by atoms with E-state index in [0.29, 0.717) is 15.4 Å². The van der Waals surface area contributed by atoms with Crippen molar-refractivity contribution in [3.63, 3.8) is 0 Å². The third kappa shape index (κ3) is 5.60. The van der Waals surface area contributed by atoms with Crippen molar-refractivity contribution in [2.45, 2.75) is 34.1 Å². The van der Waals surface area contributed by atoms with Gasteiger partial charge in [-0.3, -0.25) is 18.0 Å². The fraction of sp³-hybridized carbons (Fsp3) is 0.259. The molecule has 3 aromatic carbocycles. The van der Waals surface area contributed by atoms with Crippen LogP contribution in [0.3, 0.4) is 0 Å². The van der Waals surface area contributed by atoms with E-state index in [2.05, 4.69) is 0 Å². The summed E-state index contributed by atoms with van der Waals surface area (Å²) in [6, 6.07) is 22.8. The SMILES string of the molecule is COC(=O)C(CC(c1ccccc1)(S(=O)c1ccc(C)cc1)S(=O)c1ccc(C)cc1)C(=O)OC. The second kappa shape index (κ2) is 11.6. The number of aryl methyl sites for hydroxylation is 2. The number of hydrogen-bond donors (Lipinski definition) is 0. The molecule has 0 fully saturated rings. The number of carbonyl (C=O) groups excluding carboxylic acids is 2. The Morgan fingerprint density at radius 3 is 1.49 bits per heavy atom. The van der Waals surface area contributed by atoms with Gasteiger partial charge in [-0.1, -0.05) is 65.7 Å². The lowest BCUT2D eigenvalue weighted by Crippen LogP contribution is -2.42. The van der Waals surface area contributed by atoms with Crippen LogP contribution in [0.2, 0.25) is 0 Å². The first-order valence-corrected chi connectivity index (χ1v) is 13.2. The van der Waals surface area contributed by atoms with Gasteiger partial charge in [0, 0.05) is 16.2 Å². The van der Waals surface area contributed by atoms with Crippen molar-refractivity contribution in [1.29, 1.82) is 0 Å². The third-order valence-electron chi connectivity index (χ3n) is 5.73. The molecule has 0 aliphatic rings. The fourth-order valence-electron chi connectivity index (χ4n) is 3.76. The fourth-order valence-corrected chi connectivity index (χ4v) is 7.76. The first-order chi connectivity index (χ1) is 16.7. The Bertz CT molecular complexity index is 1150. The molecule has 0 heterocycles. The maximum Gasteiger partial charge on any atom is 0.320 e. The van der Waals surface area contributed by atoms with Crippen LogP contribution in [-0.4, -0.2) is 34.6 Å². The molecule has 0 aliphatic carbocycles. The normalized spacial score (nSPS) is 14.5. The highest BCUT2D eigenvalue weighted by Gasteiger charge is 2.51. The zero-order valence-corrected chi connectivity index (χ0v) is 21.7. The molecule has 0 saturated heterocycles. The minimum atomic E-state index is -1.95. The quantitative estimate of drug-likeness (QED) is 0.312. The van der Waals surface area contributed by atoms with Crippen LogP contribution in [0.25, 0.3) is 0 Å². The van der Waals surface area contributed by atoms with E-state index in [9.17, 15) is 18.0 Å². The highest BCUT2D eigenvalue weighted by molar-refractivity contribution is 8.03. The molecule has 35 heavy (non-hydrogen) atoms. The molecular formula is C27H28O6S2. The van der Waals surface area contributed by atoms with Crippen LogP contribution in [-0.2, 0) is 44.7 Å². The summed E-state index contributed by atoms with van der Waals surface area (Å²) in [7, 11) is -1.57. The molecule has 0 amide bonds. The van der Waals surface area contributed by atoms with Gasteiger partial charge in [0.1, 0.15) is 0 Å². The van der Waals surface area contributed by atoms with Gasteiger partial charge in [-0.05, 0) is 43.7 Å². The number of benzene rings is 3. The van der Waals surface area contributed by atoms with E-state index in [-0.39, 0.29) is 6.42 Å². The number of ether oxygens (including phenoxy) is 2. The summed E-state index contributed by atoms with van der Waals surface area (Å²) in [5.74, 6) is -3.13. The van der Waals surface area contributed by atoms with Gasteiger partial charge >= 0.3 is 11.9 Å². The largest absolute Gasteiger partial charge is 0.468 e. The number of esters is 2. The predicted octanol–water partition coefficient (Wildman–Crippen LogP) is 4.42. The molecule has 3 rings (SSSR count). The van der Waals surface area contributed by atoms with Crippen LogP contribution in [0, 0.1) is 19.8 Å². The summed E-state index contributed by atoms with van der Waals surface area (Å²) in [5.41, 5.74) is 2.41. The number of hydrogen-bond acceptors (Lipinski definition) is 6. The third-order valence-corrected chi connectivity index (χ3v) is 10.0. The van der Waals surface area contributed by atoms with Crippen LogP contribution < -0.4 is 0 Å². The molecule has 0 radical (unpaired) electrons. The van der Waals surface area contributed by atoms with Crippen LogP contribution in [0.5, 0.6) is 0 Å². The van der Waals surface area contributed by atoms with Crippen molar-refractivity contribution in [2.24, 2.45) is 5.92 Å². The number of methoxy groups -OCH3 is 2. The van der Waals surface area contributed by atoms with E-state index in [1.54, 1.807) is 54.6 Å². The molecule has 0 aliphatic heterocycles. The Labute approximate surface area is 210 Å². The molecule has 6 nitrogen and oxygen atoms in total. The summed E-state index contributed by atoms with van der Waals surface area (Å²) in [4.78, 5) is 26.3. The van der Waals surface area contributed by atoms with Gasteiger partial charge in [-0.15, -0.1) is 0 Å². The van der Waals surface area contributed by atoms with Crippen molar-refractivity contribution >= 4 is 33.5 Å². The molecule has 2 atom stereocenters. The minimum Gasteiger partial charge on any atom is -0.468 e. The summed E-state index contributed by atoms with van der Waals surface area (Å²) >= 11 is 0. The van der Waals surface area contributed by atoms with Crippen LogP contribution in [0.4, 0.5) is 0 Å². The molecule has 0 bridgehead atoms. The van der Waals surface area contributed by atoms with Gasteiger partial charge in [0.25, 0.3) is 0 Å². The Morgan fingerprint density at radius 1 is 0.714 bits per heavy atom. The van der Waals surface area contributed by atoms with E-state index in [1.807, 2.05) is 38.1 Å². The lowest BCUT2D eigenvalue weighted by molar-refractivity contribution is -0.159. The second-order valence-corrected chi connectivity index (χ2v) is 11.8. The zero-order chi connectivity index (χ0) is 25.6. The topological polar surface area (TPSA) is 86.7 Å². The van der Waals surface area contributed by atoms with Crippen LogP contribution >= 0.6 is 0 Å². The maximum atomic E-state index is 14.4. The summed E-state index contributed by atoms with van der Waals surface area (Å²) < 4.78 is 37.0. The van der Waals surface area contributed by atoms with E-state index in [4.69, 9.17) is 9.47 Å². The minimum absolute atomic E-state index is 0.350. The molecule has 0 spiro atoms. The van der Waals surface area contributed by atoms with Gasteiger partial charge in [-0.25, -0.2) is 0 Å². The first-order valence-electron chi connectivity index (χ1n) is 10.9. The lowest BCUT2D eigenvalue weighted by Gasteiger charge is -2.34. The standard InChI is InChI=1S/C27H28O6S2/c1-19-10-14-22(15-11-19)34(30)27(21-8-6-5-7-9-21,18-24(25(28)32-3)26(29)33-4)35(31)23-16-12-20(2)13-17-23/h5-17,24H,18H2,1-4H3. The molecule has 3 aromatic rings. The van der Waals surface area contributed by atoms with E-state index >= 15 is 0 Å². The molecule has 2 unspecified atom stereocenters. The van der Waals surface area contributed by atoms with E-state index in [0.717, 1.165) is 25.3 Å². The van der Waals surface area contributed by atoms with Gasteiger partial charge in [0.15, 0.2) is 10.00 Å². The molecule has 184 valence electrons. The van der Waals surface area contributed by atoms with Gasteiger partial charge in [0.2, 0.25) is 0 Å². The summed E-state index contributed by atoms with van der Waals surface area (Å²) in [6.45, 7) is 3.82. The average Bonchev–Trinajstić information content (AvgIpc) is 2.89. The maximum absolute atomic E-state index is 14.4. The van der Waals surface area contributed by atoms with Gasteiger partial charge in [-0.2, -0.15) is 0 Å². The Morgan fingerprint density at radius 2 is 1.11 bits per heavy atom. The van der Waals surface area contributed by atoms with Gasteiger partial charge < -0.3 is 9.47 Å². The average molecular weight is 513 g/mol. The lowest BCUT2D eigenvalue weighted by atomic mass is 9.98. The Hall–Kier alpha value is -3.10. The molecule has 0 saturated carbocycles.